The van der Waals surface area contributed by atoms with Gasteiger partial charge in [-0.15, -0.1) is 0 Å². The SMILES string of the molecule is CCC1(NCc2ccccc2OC(C)C)CCC1. The van der Waals surface area contributed by atoms with E-state index < -0.39 is 0 Å². The van der Waals surface area contributed by atoms with Gasteiger partial charge in [-0.25, -0.2) is 0 Å². The van der Waals surface area contributed by atoms with Gasteiger partial charge >= 0.3 is 0 Å². The number of ether oxygens (including phenoxy) is 1. The second kappa shape index (κ2) is 5.75. The van der Waals surface area contributed by atoms with Crippen molar-refractivity contribution in [2.24, 2.45) is 0 Å². The van der Waals surface area contributed by atoms with E-state index in [1.54, 1.807) is 0 Å². The zero-order chi connectivity index (χ0) is 13.0. The summed E-state index contributed by atoms with van der Waals surface area (Å²) in [6.07, 6.45) is 5.45. The molecule has 1 fully saturated rings. The van der Waals surface area contributed by atoms with Gasteiger partial charge in [0.1, 0.15) is 5.75 Å². The Kier molecular flexibility index (Phi) is 4.28. The van der Waals surface area contributed by atoms with E-state index in [0.717, 1.165) is 12.3 Å². The van der Waals surface area contributed by atoms with Gasteiger partial charge in [0.25, 0.3) is 0 Å². The van der Waals surface area contributed by atoms with Gasteiger partial charge in [0.15, 0.2) is 0 Å². The molecular formula is C16H25NO. The summed E-state index contributed by atoms with van der Waals surface area (Å²) in [7, 11) is 0. The molecule has 0 radical (unpaired) electrons. The van der Waals surface area contributed by atoms with Crippen LogP contribution >= 0.6 is 0 Å². The first-order valence-electron chi connectivity index (χ1n) is 7.15. The first-order chi connectivity index (χ1) is 8.65. The van der Waals surface area contributed by atoms with Gasteiger partial charge in [-0.05, 0) is 45.6 Å². The fourth-order valence-electron chi connectivity index (χ4n) is 2.56. The molecule has 1 aliphatic carbocycles. The smallest absolute Gasteiger partial charge is 0.124 e. The number of nitrogens with one attached hydrogen (secondary N) is 1. The maximum atomic E-state index is 5.86. The average Bonchev–Trinajstić information content (AvgIpc) is 2.29. The molecule has 100 valence electrons. The van der Waals surface area contributed by atoms with Crippen LogP contribution in [0.3, 0.4) is 0 Å². The third-order valence-electron chi connectivity index (χ3n) is 3.98. The van der Waals surface area contributed by atoms with Crippen molar-refractivity contribution in [1.82, 2.24) is 5.32 Å². The van der Waals surface area contributed by atoms with Crippen molar-refractivity contribution in [3.8, 4) is 5.75 Å². The third-order valence-corrected chi connectivity index (χ3v) is 3.98. The van der Waals surface area contributed by atoms with E-state index in [1.807, 2.05) is 6.07 Å². The van der Waals surface area contributed by atoms with Crippen LogP contribution in [0, 0.1) is 0 Å². The predicted octanol–water partition coefficient (Wildman–Crippen LogP) is 3.90. The molecule has 0 bridgehead atoms. The molecule has 2 nitrogen and oxygen atoms in total. The molecule has 0 aliphatic heterocycles. The molecule has 1 N–H and O–H groups in total. The Morgan fingerprint density at radius 2 is 2.00 bits per heavy atom. The summed E-state index contributed by atoms with van der Waals surface area (Å²) in [6, 6.07) is 8.35. The van der Waals surface area contributed by atoms with E-state index in [1.165, 1.54) is 31.2 Å². The maximum absolute atomic E-state index is 5.86. The van der Waals surface area contributed by atoms with Crippen molar-refractivity contribution in [3.63, 3.8) is 0 Å². The van der Waals surface area contributed by atoms with Crippen molar-refractivity contribution in [1.29, 1.82) is 0 Å². The van der Waals surface area contributed by atoms with Crippen molar-refractivity contribution in [3.05, 3.63) is 29.8 Å². The van der Waals surface area contributed by atoms with E-state index >= 15 is 0 Å². The van der Waals surface area contributed by atoms with Crippen LogP contribution in [0.5, 0.6) is 5.75 Å². The first-order valence-corrected chi connectivity index (χ1v) is 7.15. The molecule has 2 rings (SSSR count). The summed E-state index contributed by atoms with van der Waals surface area (Å²) < 4.78 is 5.86. The van der Waals surface area contributed by atoms with Crippen LogP contribution in [0.2, 0.25) is 0 Å². The predicted molar refractivity (Wildman–Crippen MR) is 75.9 cm³/mol. The minimum absolute atomic E-state index is 0.231. The number of para-hydroxylation sites is 1. The lowest BCUT2D eigenvalue weighted by atomic mass is 9.75. The first kappa shape index (κ1) is 13.4. The van der Waals surface area contributed by atoms with Gasteiger partial charge in [-0.3, -0.25) is 0 Å². The molecule has 0 saturated heterocycles. The molecule has 0 heterocycles. The standard InChI is InChI=1S/C16H25NO/c1-4-16(10-7-11-16)17-12-14-8-5-6-9-15(14)18-13(2)3/h5-6,8-9,13,17H,4,7,10-12H2,1-3H3. The Labute approximate surface area is 111 Å². The van der Waals surface area contributed by atoms with E-state index in [9.17, 15) is 0 Å². The van der Waals surface area contributed by atoms with E-state index in [0.29, 0.717) is 5.54 Å². The van der Waals surface area contributed by atoms with Crippen LogP contribution in [-0.2, 0) is 6.54 Å². The largest absolute Gasteiger partial charge is 0.491 e. The van der Waals surface area contributed by atoms with E-state index in [4.69, 9.17) is 4.74 Å². The van der Waals surface area contributed by atoms with Crippen LogP contribution < -0.4 is 10.1 Å². The molecule has 1 aromatic carbocycles. The topological polar surface area (TPSA) is 21.3 Å². The molecular weight excluding hydrogens is 222 g/mol. The summed E-state index contributed by atoms with van der Waals surface area (Å²) in [5.74, 6) is 1.02. The Morgan fingerprint density at radius 3 is 2.56 bits per heavy atom. The van der Waals surface area contributed by atoms with Crippen molar-refractivity contribution in [2.45, 2.75) is 64.6 Å². The fourth-order valence-corrected chi connectivity index (χ4v) is 2.56. The Morgan fingerprint density at radius 1 is 1.28 bits per heavy atom. The quantitative estimate of drug-likeness (QED) is 0.823. The minimum atomic E-state index is 0.231. The van der Waals surface area contributed by atoms with Gasteiger partial charge in [0.2, 0.25) is 0 Å². The lowest BCUT2D eigenvalue weighted by molar-refractivity contribution is 0.173. The van der Waals surface area contributed by atoms with Crippen LogP contribution in [-0.4, -0.2) is 11.6 Å². The molecule has 0 atom stereocenters. The Hall–Kier alpha value is -1.02. The molecule has 0 spiro atoms. The Balaban J connectivity index is 2.00. The summed E-state index contributed by atoms with van der Waals surface area (Å²) in [6.45, 7) is 7.34. The highest BCUT2D eigenvalue weighted by Gasteiger charge is 2.34. The monoisotopic (exact) mass is 247 g/mol. The van der Waals surface area contributed by atoms with E-state index in [-0.39, 0.29) is 6.10 Å². The summed E-state index contributed by atoms with van der Waals surface area (Å²) in [5, 5.41) is 3.73. The molecule has 1 aliphatic rings. The molecule has 18 heavy (non-hydrogen) atoms. The van der Waals surface area contributed by atoms with Crippen LogP contribution in [0.1, 0.15) is 52.0 Å². The van der Waals surface area contributed by atoms with Crippen LogP contribution in [0.25, 0.3) is 0 Å². The van der Waals surface area contributed by atoms with Crippen molar-refractivity contribution >= 4 is 0 Å². The van der Waals surface area contributed by atoms with Gasteiger partial charge in [0.05, 0.1) is 6.10 Å². The second-order valence-corrected chi connectivity index (χ2v) is 5.62. The fraction of sp³-hybridized carbons (Fsp3) is 0.625. The molecule has 1 aromatic rings. The summed E-state index contributed by atoms with van der Waals surface area (Å²) in [4.78, 5) is 0. The number of benzene rings is 1. The van der Waals surface area contributed by atoms with Gasteiger partial charge in [0, 0.05) is 17.6 Å². The highest BCUT2D eigenvalue weighted by atomic mass is 16.5. The van der Waals surface area contributed by atoms with Crippen LogP contribution in [0.15, 0.2) is 24.3 Å². The van der Waals surface area contributed by atoms with Gasteiger partial charge in [-0.1, -0.05) is 25.1 Å². The molecule has 0 amide bonds. The third kappa shape index (κ3) is 3.05. The number of rotatable bonds is 6. The number of hydrogen-bond donors (Lipinski definition) is 1. The molecule has 2 heteroatoms. The zero-order valence-electron chi connectivity index (χ0n) is 11.8. The summed E-state index contributed by atoms with van der Waals surface area (Å²) in [5.41, 5.74) is 1.66. The Bertz CT molecular complexity index is 377. The lowest BCUT2D eigenvalue weighted by Gasteiger charge is -2.42. The van der Waals surface area contributed by atoms with Crippen LogP contribution in [0.4, 0.5) is 0 Å². The molecule has 1 saturated carbocycles. The van der Waals surface area contributed by atoms with Crippen molar-refractivity contribution < 1.29 is 4.74 Å². The number of hydrogen-bond acceptors (Lipinski definition) is 2. The highest BCUT2D eigenvalue weighted by Crippen LogP contribution is 2.35. The molecule has 0 unspecified atom stereocenters. The highest BCUT2D eigenvalue weighted by molar-refractivity contribution is 5.33. The maximum Gasteiger partial charge on any atom is 0.124 e. The van der Waals surface area contributed by atoms with Crippen molar-refractivity contribution in [2.75, 3.05) is 0 Å². The van der Waals surface area contributed by atoms with E-state index in [2.05, 4.69) is 44.3 Å². The summed E-state index contributed by atoms with van der Waals surface area (Å²) >= 11 is 0. The average molecular weight is 247 g/mol. The second-order valence-electron chi connectivity index (χ2n) is 5.62. The lowest BCUT2D eigenvalue weighted by Crippen LogP contribution is -2.49. The normalized spacial score (nSPS) is 17.6. The van der Waals surface area contributed by atoms with Gasteiger partial charge < -0.3 is 10.1 Å². The molecule has 0 aromatic heterocycles. The zero-order valence-corrected chi connectivity index (χ0v) is 11.8. The minimum Gasteiger partial charge on any atom is -0.491 e. The van der Waals surface area contributed by atoms with Gasteiger partial charge in [-0.2, -0.15) is 0 Å².